The summed E-state index contributed by atoms with van der Waals surface area (Å²) in [6.07, 6.45) is 1.53. The summed E-state index contributed by atoms with van der Waals surface area (Å²) in [5.74, 6) is 1.03. The molecule has 0 aliphatic rings. The average Bonchev–Trinajstić information content (AvgIpc) is 3.14. The number of furan rings is 2. The van der Waals surface area contributed by atoms with E-state index in [0.717, 1.165) is 11.0 Å². The molecular weight excluding hydrogens is 266 g/mol. The molecule has 0 radical (unpaired) electrons. The first-order valence-corrected chi connectivity index (χ1v) is 7.10. The van der Waals surface area contributed by atoms with Crippen LogP contribution in [0.1, 0.15) is 24.2 Å². The predicted molar refractivity (Wildman–Crippen MR) is 81.2 cm³/mol. The average molecular weight is 283 g/mol. The van der Waals surface area contributed by atoms with E-state index in [4.69, 9.17) is 8.83 Å². The van der Waals surface area contributed by atoms with E-state index in [1.165, 1.54) is 6.26 Å². The lowest BCUT2D eigenvalue weighted by Gasteiger charge is -2.17. The second-order valence-corrected chi connectivity index (χ2v) is 4.79. The SMILES string of the molecule is CCN(CC)C(=O)c1ccoc1-c1cc2ccccc2o1. The zero-order valence-electron chi connectivity index (χ0n) is 12.1. The van der Waals surface area contributed by atoms with Gasteiger partial charge in [-0.1, -0.05) is 18.2 Å². The maximum absolute atomic E-state index is 12.5. The number of fused-ring (bicyclic) bond motifs is 1. The van der Waals surface area contributed by atoms with Gasteiger partial charge >= 0.3 is 0 Å². The van der Waals surface area contributed by atoms with Gasteiger partial charge < -0.3 is 13.7 Å². The van der Waals surface area contributed by atoms with Crippen molar-refractivity contribution in [2.24, 2.45) is 0 Å². The summed E-state index contributed by atoms with van der Waals surface area (Å²) < 4.78 is 11.3. The van der Waals surface area contributed by atoms with E-state index in [1.807, 2.05) is 44.2 Å². The van der Waals surface area contributed by atoms with Gasteiger partial charge in [0.05, 0.1) is 11.8 Å². The Morgan fingerprint density at radius 1 is 1.14 bits per heavy atom. The molecule has 1 amide bonds. The van der Waals surface area contributed by atoms with E-state index in [-0.39, 0.29) is 5.91 Å². The summed E-state index contributed by atoms with van der Waals surface area (Å²) >= 11 is 0. The van der Waals surface area contributed by atoms with Crippen molar-refractivity contribution in [1.82, 2.24) is 4.90 Å². The first-order valence-electron chi connectivity index (χ1n) is 7.10. The number of benzene rings is 1. The van der Waals surface area contributed by atoms with Crippen molar-refractivity contribution in [1.29, 1.82) is 0 Å². The largest absolute Gasteiger partial charge is 0.460 e. The quantitative estimate of drug-likeness (QED) is 0.721. The van der Waals surface area contributed by atoms with Gasteiger partial charge in [-0.3, -0.25) is 4.79 Å². The molecule has 2 heterocycles. The Bertz CT molecular complexity index is 732. The molecule has 3 rings (SSSR count). The molecule has 0 saturated heterocycles. The Kier molecular flexibility index (Phi) is 3.52. The fourth-order valence-corrected chi connectivity index (χ4v) is 2.44. The second kappa shape index (κ2) is 5.48. The van der Waals surface area contributed by atoms with Gasteiger partial charge in [0.25, 0.3) is 5.91 Å². The van der Waals surface area contributed by atoms with Crippen LogP contribution < -0.4 is 0 Å². The van der Waals surface area contributed by atoms with E-state index in [1.54, 1.807) is 11.0 Å². The Balaban J connectivity index is 2.04. The molecule has 0 bridgehead atoms. The minimum atomic E-state index is -0.0378. The fourth-order valence-electron chi connectivity index (χ4n) is 2.44. The Morgan fingerprint density at radius 2 is 1.90 bits per heavy atom. The summed E-state index contributed by atoms with van der Waals surface area (Å²) in [7, 11) is 0. The van der Waals surface area contributed by atoms with Crippen molar-refractivity contribution in [3.05, 3.63) is 48.2 Å². The standard InChI is InChI=1S/C17H17NO3/c1-3-18(4-2)17(19)13-9-10-20-16(13)15-11-12-7-5-6-8-14(12)21-15/h5-11H,3-4H2,1-2H3. The fraction of sp³-hybridized carbons (Fsp3) is 0.235. The molecule has 0 spiro atoms. The molecule has 0 saturated carbocycles. The smallest absolute Gasteiger partial charge is 0.257 e. The minimum Gasteiger partial charge on any atom is -0.460 e. The highest BCUT2D eigenvalue weighted by atomic mass is 16.4. The van der Waals surface area contributed by atoms with Crippen LogP contribution in [0, 0.1) is 0 Å². The van der Waals surface area contributed by atoms with Gasteiger partial charge in [-0.25, -0.2) is 0 Å². The maximum Gasteiger partial charge on any atom is 0.257 e. The van der Waals surface area contributed by atoms with Gasteiger partial charge in [0, 0.05) is 18.5 Å². The highest BCUT2D eigenvalue weighted by Crippen LogP contribution is 2.31. The van der Waals surface area contributed by atoms with Gasteiger partial charge in [-0.05, 0) is 32.0 Å². The van der Waals surface area contributed by atoms with Crippen molar-refractivity contribution in [2.75, 3.05) is 13.1 Å². The molecule has 0 aliphatic heterocycles. The van der Waals surface area contributed by atoms with E-state index >= 15 is 0 Å². The predicted octanol–water partition coefficient (Wildman–Crippen LogP) is 4.17. The molecule has 0 aliphatic carbocycles. The van der Waals surface area contributed by atoms with Crippen LogP contribution in [-0.2, 0) is 0 Å². The topological polar surface area (TPSA) is 46.6 Å². The van der Waals surface area contributed by atoms with Gasteiger partial charge in [0.1, 0.15) is 5.58 Å². The highest BCUT2D eigenvalue weighted by Gasteiger charge is 2.22. The molecule has 0 atom stereocenters. The zero-order chi connectivity index (χ0) is 14.8. The van der Waals surface area contributed by atoms with Crippen LogP contribution >= 0.6 is 0 Å². The summed E-state index contributed by atoms with van der Waals surface area (Å²) in [6, 6.07) is 11.3. The number of carbonyl (C=O) groups is 1. The summed E-state index contributed by atoms with van der Waals surface area (Å²) in [5.41, 5.74) is 1.32. The van der Waals surface area contributed by atoms with Crippen LogP contribution in [0.3, 0.4) is 0 Å². The number of rotatable bonds is 4. The molecule has 0 fully saturated rings. The third kappa shape index (κ3) is 2.33. The number of amides is 1. The lowest BCUT2D eigenvalue weighted by Crippen LogP contribution is -2.30. The molecular formula is C17H17NO3. The van der Waals surface area contributed by atoms with Crippen LogP contribution in [0.5, 0.6) is 0 Å². The van der Waals surface area contributed by atoms with Crippen molar-refractivity contribution < 1.29 is 13.6 Å². The van der Waals surface area contributed by atoms with E-state index in [9.17, 15) is 4.79 Å². The number of nitrogens with zero attached hydrogens (tertiary/aromatic N) is 1. The summed E-state index contributed by atoms with van der Waals surface area (Å²) in [5, 5.41) is 0.991. The van der Waals surface area contributed by atoms with Crippen molar-refractivity contribution in [3.8, 4) is 11.5 Å². The normalized spacial score (nSPS) is 11.0. The van der Waals surface area contributed by atoms with Crippen LogP contribution in [0.25, 0.3) is 22.5 Å². The van der Waals surface area contributed by atoms with E-state index in [2.05, 4.69) is 0 Å². The van der Waals surface area contributed by atoms with Gasteiger partial charge in [0.15, 0.2) is 11.5 Å². The van der Waals surface area contributed by atoms with E-state index < -0.39 is 0 Å². The van der Waals surface area contributed by atoms with Crippen molar-refractivity contribution in [3.63, 3.8) is 0 Å². The van der Waals surface area contributed by atoms with Crippen molar-refractivity contribution in [2.45, 2.75) is 13.8 Å². The molecule has 4 heteroatoms. The third-order valence-electron chi connectivity index (χ3n) is 3.60. The Morgan fingerprint density at radius 3 is 2.62 bits per heavy atom. The number of hydrogen-bond acceptors (Lipinski definition) is 3. The molecule has 0 N–H and O–H groups in total. The number of hydrogen-bond donors (Lipinski definition) is 0. The molecule has 0 unspecified atom stereocenters. The first kappa shape index (κ1) is 13.5. The lowest BCUT2D eigenvalue weighted by molar-refractivity contribution is 0.0773. The number of para-hydroxylation sites is 1. The molecule has 4 nitrogen and oxygen atoms in total. The van der Waals surface area contributed by atoms with Crippen LogP contribution in [0.2, 0.25) is 0 Å². The number of carbonyl (C=O) groups excluding carboxylic acids is 1. The minimum absolute atomic E-state index is 0.0378. The van der Waals surface area contributed by atoms with Crippen molar-refractivity contribution >= 4 is 16.9 Å². The third-order valence-corrected chi connectivity index (χ3v) is 3.60. The van der Waals surface area contributed by atoms with Crippen LogP contribution in [0.4, 0.5) is 0 Å². The molecule has 1 aromatic carbocycles. The van der Waals surface area contributed by atoms with Gasteiger partial charge in [0.2, 0.25) is 0 Å². The Hall–Kier alpha value is -2.49. The highest BCUT2D eigenvalue weighted by molar-refractivity contribution is 5.99. The maximum atomic E-state index is 12.5. The Labute approximate surface area is 123 Å². The van der Waals surface area contributed by atoms with E-state index in [0.29, 0.717) is 30.2 Å². The molecule has 108 valence electrons. The zero-order valence-corrected chi connectivity index (χ0v) is 12.1. The van der Waals surface area contributed by atoms with Gasteiger partial charge in [-0.15, -0.1) is 0 Å². The summed E-state index contributed by atoms with van der Waals surface area (Å²) in [4.78, 5) is 14.3. The van der Waals surface area contributed by atoms with Gasteiger partial charge in [-0.2, -0.15) is 0 Å². The molecule has 2 aromatic heterocycles. The monoisotopic (exact) mass is 283 g/mol. The van der Waals surface area contributed by atoms with Crippen LogP contribution in [-0.4, -0.2) is 23.9 Å². The van der Waals surface area contributed by atoms with Crippen LogP contribution in [0.15, 0.2) is 51.5 Å². The second-order valence-electron chi connectivity index (χ2n) is 4.79. The molecule has 21 heavy (non-hydrogen) atoms. The first-order chi connectivity index (χ1) is 10.2. The lowest BCUT2D eigenvalue weighted by atomic mass is 10.1. The summed E-state index contributed by atoms with van der Waals surface area (Å²) in [6.45, 7) is 5.25. The molecule has 3 aromatic rings.